The first-order valence-corrected chi connectivity index (χ1v) is 7.36. The number of carbonyl (C=O) groups is 1. The zero-order valence-electron chi connectivity index (χ0n) is 12.6. The number of likely N-dealkylation sites (N-methyl/N-ethyl adjacent to an activating group) is 1. The molecule has 1 atom stereocenters. The molecule has 1 aliphatic rings. The Bertz CT molecular complexity index is 482. The molecule has 0 saturated carbocycles. The number of rotatable bonds is 4. The van der Waals surface area contributed by atoms with E-state index in [9.17, 15) is 4.79 Å². The van der Waals surface area contributed by atoms with Crippen molar-refractivity contribution in [3.63, 3.8) is 0 Å². The van der Waals surface area contributed by atoms with Gasteiger partial charge in [-0.1, -0.05) is 6.42 Å². The summed E-state index contributed by atoms with van der Waals surface area (Å²) in [7, 11) is 2.12. The topological polar surface area (TPSA) is 76.2 Å². The van der Waals surface area contributed by atoms with Gasteiger partial charge in [-0.05, 0) is 40.3 Å². The maximum Gasteiger partial charge on any atom is 0.271 e. The number of likely N-dealkylation sites (tertiary alicyclic amines) is 1. The number of nitrogens with one attached hydrogen (secondary N) is 1. The molecule has 6 nitrogen and oxygen atoms in total. The second-order valence-electron chi connectivity index (χ2n) is 5.50. The van der Waals surface area contributed by atoms with Gasteiger partial charge in [0.15, 0.2) is 0 Å². The van der Waals surface area contributed by atoms with Crippen LogP contribution in [0.4, 0.5) is 5.69 Å². The first-order chi connectivity index (χ1) is 9.54. The largest absolute Gasteiger partial charge is 0.395 e. The third kappa shape index (κ3) is 2.95. The number of carbonyl (C=O) groups excluding carboxylic acids is 1. The fourth-order valence-electron chi connectivity index (χ4n) is 2.76. The Morgan fingerprint density at radius 2 is 2.25 bits per heavy atom. The average molecular weight is 279 g/mol. The third-order valence-electron chi connectivity index (χ3n) is 4.11. The molecule has 2 rings (SSSR count). The van der Waals surface area contributed by atoms with Crippen LogP contribution in [0.3, 0.4) is 0 Å². The molecule has 1 saturated heterocycles. The highest BCUT2D eigenvalue weighted by molar-refractivity contribution is 5.97. The molecule has 1 aromatic rings. The lowest BCUT2D eigenvalue weighted by atomic mass is 10.0. The van der Waals surface area contributed by atoms with E-state index in [1.165, 1.54) is 12.8 Å². The van der Waals surface area contributed by atoms with Crippen LogP contribution in [0.1, 0.15) is 42.4 Å². The van der Waals surface area contributed by atoms with Gasteiger partial charge >= 0.3 is 0 Å². The molecule has 0 spiro atoms. The smallest absolute Gasteiger partial charge is 0.271 e. The van der Waals surface area contributed by atoms with Crippen molar-refractivity contribution in [1.82, 2.24) is 20.0 Å². The second kappa shape index (κ2) is 6.26. The molecule has 0 aliphatic carbocycles. The van der Waals surface area contributed by atoms with Gasteiger partial charge in [0.05, 0.1) is 11.4 Å². The highest BCUT2D eigenvalue weighted by Crippen LogP contribution is 2.17. The molecule has 2 heterocycles. The number of amides is 1. The zero-order valence-corrected chi connectivity index (χ0v) is 12.6. The molecule has 1 amide bonds. The molecule has 0 bridgehead atoms. The number of hydrogen-bond acceptors (Lipinski definition) is 4. The van der Waals surface area contributed by atoms with Gasteiger partial charge in [-0.25, -0.2) is 0 Å². The quantitative estimate of drug-likeness (QED) is 0.862. The van der Waals surface area contributed by atoms with Crippen molar-refractivity contribution in [2.45, 2.75) is 45.7 Å². The molecule has 6 heteroatoms. The van der Waals surface area contributed by atoms with Gasteiger partial charge in [-0.2, -0.15) is 5.10 Å². The van der Waals surface area contributed by atoms with Crippen LogP contribution in [0.25, 0.3) is 0 Å². The summed E-state index contributed by atoms with van der Waals surface area (Å²) in [6.07, 6.45) is 3.62. The van der Waals surface area contributed by atoms with E-state index in [1.807, 2.05) is 13.8 Å². The molecule has 3 N–H and O–H groups in total. The van der Waals surface area contributed by atoms with Crippen molar-refractivity contribution in [2.75, 3.05) is 25.9 Å². The highest BCUT2D eigenvalue weighted by Gasteiger charge is 2.22. The second-order valence-corrected chi connectivity index (χ2v) is 5.50. The number of nitrogens with two attached hydrogens (primary N) is 1. The summed E-state index contributed by atoms with van der Waals surface area (Å²) >= 11 is 0. The normalized spacial score (nSPS) is 20.1. The number of aromatic nitrogens is 2. The maximum absolute atomic E-state index is 12.3. The molecule has 0 radical (unpaired) electrons. The lowest BCUT2D eigenvalue weighted by Crippen LogP contribution is -2.44. The number of hydrogen-bond donors (Lipinski definition) is 2. The van der Waals surface area contributed by atoms with Crippen molar-refractivity contribution >= 4 is 11.6 Å². The molecule has 112 valence electrons. The van der Waals surface area contributed by atoms with Gasteiger partial charge in [-0.15, -0.1) is 0 Å². The molecule has 1 unspecified atom stereocenters. The lowest BCUT2D eigenvalue weighted by molar-refractivity contribution is 0.0919. The Kier molecular flexibility index (Phi) is 4.65. The van der Waals surface area contributed by atoms with Gasteiger partial charge in [0.25, 0.3) is 5.91 Å². The van der Waals surface area contributed by atoms with Crippen molar-refractivity contribution in [1.29, 1.82) is 0 Å². The van der Waals surface area contributed by atoms with Crippen LogP contribution in [0.15, 0.2) is 0 Å². The third-order valence-corrected chi connectivity index (χ3v) is 4.11. The molecule has 1 fully saturated rings. The minimum Gasteiger partial charge on any atom is -0.395 e. The SMILES string of the molecule is CCn1nc(C)c(N)c1C(=O)NCC1CCCCN1C. The van der Waals surface area contributed by atoms with Crippen LogP contribution in [-0.4, -0.2) is 46.8 Å². The van der Waals surface area contributed by atoms with Crippen molar-refractivity contribution in [3.05, 3.63) is 11.4 Å². The summed E-state index contributed by atoms with van der Waals surface area (Å²) in [6, 6.07) is 0.424. The Labute approximate surface area is 120 Å². The summed E-state index contributed by atoms with van der Waals surface area (Å²) in [5, 5.41) is 7.29. The molecule has 1 aliphatic heterocycles. The molecule has 20 heavy (non-hydrogen) atoms. The van der Waals surface area contributed by atoms with E-state index in [1.54, 1.807) is 4.68 Å². The highest BCUT2D eigenvalue weighted by atomic mass is 16.2. The summed E-state index contributed by atoms with van der Waals surface area (Å²) in [5.41, 5.74) is 7.65. The average Bonchev–Trinajstić information content (AvgIpc) is 2.73. The Hall–Kier alpha value is -1.56. The first-order valence-electron chi connectivity index (χ1n) is 7.36. The van der Waals surface area contributed by atoms with Crippen LogP contribution in [-0.2, 0) is 6.54 Å². The summed E-state index contributed by atoms with van der Waals surface area (Å²) < 4.78 is 1.67. The number of aryl methyl sites for hydroxylation is 2. The number of piperidine rings is 1. The Morgan fingerprint density at radius 3 is 2.90 bits per heavy atom. The minimum atomic E-state index is -0.121. The van der Waals surface area contributed by atoms with Crippen molar-refractivity contribution < 1.29 is 4.79 Å². The number of nitrogen functional groups attached to an aromatic ring is 1. The summed E-state index contributed by atoms with van der Waals surface area (Å²) in [4.78, 5) is 14.7. The maximum atomic E-state index is 12.3. The molecular weight excluding hydrogens is 254 g/mol. The van der Waals surface area contributed by atoms with E-state index < -0.39 is 0 Å². The molecular formula is C14H25N5O. The van der Waals surface area contributed by atoms with Crippen molar-refractivity contribution in [2.24, 2.45) is 0 Å². The summed E-state index contributed by atoms with van der Waals surface area (Å²) in [5.74, 6) is -0.121. The van der Waals surface area contributed by atoms with Gasteiger partial charge in [0.2, 0.25) is 0 Å². The van der Waals surface area contributed by atoms with Gasteiger partial charge in [0.1, 0.15) is 5.69 Å². The number of nitrogens with zero attached hydrogens (tertiary/aromatic N) is 3. The van der Waals surface area contributed by atoms with E-state index >= 15 is 0 Å². The fourth-order valence-corrected chi connectivity index (χ4v) is 2.76. The van der Waals surface area contributed by atoms with E-state index in [2.05, 4.69) is 22.4 Å². The van der Waals surface area contributed by atoms with E-state index in [0.717, 1.165) is 13.0 Å². The van der Waals surface area contributed by atoms with Gasteiger partial charge in [-0.3, -0.25) is 9.48 Å². The molecule has 0 aromatic carbocycles. The van der Waals surface area contributed by atoms with Gasteiger partial charge in [0, 0.05) is 19.1 Å². The van der Waals surface area contributed by atoms with Crippen LogP contribution in [0.2, 0.25) is 0 Å². The van der Waals surface area contributed by atoms with Crippen LogP contribution >= 0.6 is 0 Å². The van der Waals surface area contributed by atoms with Crippen molar-refractivity contribution in [3.8, 4) is 0 Å². The van der Waals surface area contributed by atoms with Crippen LogP contribution in [0, 0.1) is 6.92 Å². The van der Waals surface area contributed by atoms with Crippen LogP contribution in [0.5, 0.6) is 0 Å². The Morgan fingerprint density at radius 1 is 1.50 bits per heavy atom. The zero-order chi connectivity index (χ0) is 14.7. The monoisotopic (exact) mass is 279 g/mol. The molecule has 1 aromatic heterocycles. The van der Waals surface area contributed by atoms with E-state index in [4.69, 9.17) is 5.73 Å². The summed E-state index contributed by atoms with van der Waals surface area (Å²) in [6.45, 7) is 6.20. The minimum absolute atomic E-state index is 0.121. The standard InChI is InChI=1S/C14H25N5O/c1-4-19-13(12(15)10(2)17-19)14(20)16-9-11-7-5-6-8-18(11)3/h11H,4-9,15H2,1-3H3,(H,16,20). The Balaban J connectivity index is 2.01. The first kappa shape index (κ1) is 14.8. The van der Waals surface area contributed by atoms with Crippen LogP contribution < -0.4 is 11.1 Å². The van der Waals surface area contributed by atoms with E-state index in [0.29, 0.717) is 36.2 Å². The number of anilines is 1. The predicted octanol–water partition coefficient (Wildman–Crippen LogP) is 1.01. The lowest BCUT2D eigenvalue weighted by Gasteiger charge is -2.32. The predicted molar refractivity (Wildman–Crippen MR) is 79.7 cm³/mol. The van der Waals surface area contributed by atoms with E-state index in [-0.39, 0.29) is 5.91 Å². The van der Waals surface area contributed by atoms with Gasteiger partial charge < -0.3 is 16.0 Å². The fraction of sp³-hybridized carbons (Fsp3) is 0.714.